The molecule has 2 N–H and O–H groups in total. The summed E-state index contributed by atoms with van der Waals surface area (Å²) in [6.45, 7) is 3.56. The van der Waals surface area contributed by atoms with Gasteiger partial charge >= 0.3 is 0 Å². The SMILES string of the molecule is Cc1cnc(C(=O)NC(C)c2nn[nH]n2)cn1. The zero-order valence-electron chi connectivity index (χ0n) is 9.38. The number of carbonyl (C=O) groups excluding carboxylic acids is 1. The first-order valence-corrected chi connectivity index (χ1v) is 4.99. The van der Waals surface area contributed by atoms with E-state index in [0.29, 0.717) is 5.82 Å². The molecule has 8 heteroatoms. The van der Waals surface area contributed by atoms with Gasteiger partial charge in [-0.2, -0.15) is 5.21 Å². The lowest BCUT2D eigenvalue weighted by atomic mass is 10.3. The number of aromatic nitrogens is 6. The minimum atomic E-state index is -0.343. The second kappa shape index (κ2) is 4.64. The van der Waals surface area contributed by atoms with Gasteiger partial charge in [-0.15, -0.1) is 10.2 Å². The number of carbonyl (C=O) groups is 1. The van der Waals surface area contributed by atoms with Crippen LogP contribution in [-0.4, -0.2) is 36.5 Å². The van der Waals surface area contributed by atoms with Gasteiger partial charge < -0.3 is 5.32 Å². The number of tetrazole rings is 1. The molecule has 0 aromatic carbocycles. The lowest BCUT2D eigenvalue weighted by molar-refractivity contribution is 0.0933. The highest BCUT2D eigenvalue weighted by Gasteiger charge is 2.15. The number of nitrogens with zero attached hydrogens (tertiary/aromatic N) is 5. The number of aryl methyl sites for hydroxylation is 1. The molecule has 0 saturated heterocycles. The Morgan fingerprint density at radius 3 is 2.82 bits per heavy atom. The molecule has 2 heterocycles. The number of amides is 1. The number of hydrogen-bond donors (Lipinski definition) is 2. The van der Waals surface area contributed by atoms with Crippen molar-refractivity contribution in [2.75, 3.05) is 0 Å². The summed E-state index contributed by atoms with van der Waals surface area (Å²) in [5.74, 6) is 0.0909. The number of rotatable bonds is 3. The van der Waals surface area contributed by atoms with Crippen LogP contribution in [0.25, 0.3) is 0 Å². The van der Waals surface area contributed by atoms with Crippen LogP contribution in [0.4, 0.5) is 0 Å². The van der Waals surface area contributed by atoms with E-state index in [1.165, 1.54) is 12.4 Å². The van der Waals surface area contributed by atoms with E-state index in [1.807, 2.05) is 0 Å². The average molecular weight is 233 g/mol. The Balaban J connectivity index is 2.04. The normalized spacial score (nSPS) is 12.1. The van der Waals surface area contributed by atoms with Crippen LogP contribution < -0.4 is 5.32 Å². The van der Waals surface area contributed by atoms with Crippen LogP contribution in [0.1, 0.15) is 35.0 Å². The van der Waals surface area contributed by atoms with Gasteiger partial charge in [-0.25, -0.2) is 4.98 Å². The van der Waals surface area contributed by atoms with Crippen molar-refractivity contribution >= 4 is 5.91 Å². The molecule has 1 amide bonds. The Hall–Kier alpha value is -2.38. The van der Waals surface area contributed by atoms with Crippen LogP contribution >= 0.6 is 0 Å². The van der Waals surface area contributed by atoms with Crippen molar-refractivity contribution in [3.8, 4) is 0 Å². The van der Waals surface area contributed by atoms with E-state index in [2.05, 4.69) is 35.9 Å². The van der Waals surface area contributed by atoms with Crippen LogP contribution in [0.3, 0.4) is 0 Å². The number of aromatic amines is 1. The lowest BCUT2D eigenvalue weighted by Crippen LogP contribution is -2.28. The molecule has 0 bridgehead atoms. The van der Waals surface area contributed by atoms with Crippen molar-refractivity contribution in [1.29, 1.82) is 0 Å². The smallest absolute Gasteiger partial charge is 0.272 e. The van der Waals surface area contributed by atoms with Gasteiger partial charge in [0.1, 0.15) is 5.69 Å². The van der Waals surface area contributed by atoms with Crippen molar-refractivity contribution in [3.63, 3.8) is 0 Å². The van der Waals surface area contributed by atoms with Crippen LogP contribution in [0.2, 0.25) is 0 Å². The molecule has 1 atom stereocenters. The van der Waals surface area contributed by atoms with E-state index in [4.69, 9.17) is 0 Å². The monoisotopic (exact) mass is 233 g/mol. The van der Waals surface area contributed by atoms with Gasteiger partial charge in [0.15, 0.2) is 5.82 Å². The number of hydrogen-bond acceptors (Lipinski definition) is 6. The summed E-state index contributed by atoms with van der Waals surface area (Å²) in [6, 6.07) is -0.343. The standard InChI is InChI=1S/C9H11N7O/c1-5-3-11-7(4-10-5)9(17)12-6(2)8-13-15-16-14-8/h3-4,6H,1-2H3,(H,12,17)(H,13,14,15,16). The Bertz CT molecular complexity index is 493. The van der Waals surface area contributed by atoms with Crippen molar-refractivity contribution in [2.24, 2.45) is 0 Å². The topological polar surface area (TPSA) is 109 Å². The van der Waals surface area contributed by atoms with E-state index < -0.39 is 0 Å². The maximum atomic E-state index is 11.8. The Kier molecular flexibility index (Phi) is 3.03. The van der Waals surface area contributed by atoms with Crippen molar-refractivity contribution in [1.82, 2.24) is 35.9 Å². The predicted molar refractivity (Wildman–Crippen MR) is 56.8 cm³/mol. The van der Waals surface area contributed by atoms with Gasteiger partial charge in [0.25, 0.3) is 5.91 Å². The van der Waals surface area contributed by atoms with Crippen LogP contribution in [0.15, 0.2) is 12.4 Å². The lowest BCUT2D eigenvalue weighted by Gasteiger charge is -2.08. The van der Waals surface area contributed by atoms with Crippen LogP contribution in [-0.2, 0) is 0 Å². The maximum Gasteiger partial charge on any atom is 0.272 e. The van der Waals surface area contributed by atoms with E-state index in [9.17, 15) is 4.79 Å². The van der Waals surface area contributed by atoms with Gasteiger partial charge in [0.2, 0.25) is 0 Å². The Morgan fingerprint density at radius 1 is 1.41 bits per heavy atom. The van der Waals surface area contributed by atoms with Crippen LogP contribution in [0.5, 0.6) is 0 Å². The molecule has 0 radical (unpaired) electrons. The van der Waals surface area contributed by atoms with Crippen molar-refractivity contribution in [3.05, 3.63) is 29.6 Å². The molecule has 2 aromatic rings. The molecule has 0 aliphatic heterocycles. The van der Waals surface area contributed by atoms with Gasteiger partial charge in [-0.05, 0) is 13.8 Å². The fourth-order valence-corrected chi connectivity index (χ4v) is 1.20. The van der Waals surface area contributed by atoms with Gasteiger partial charge in [0.05, 0.1) is 17.9 Å². The summed E-state index contributed by atoms with van der Waals surface area (Å²) in [7, 11) is 0. The molecule has 1 unspecified atom stereocenters. The molecule has 2 aromatic heterocycles. The summed E-state index contributed by atoms with van der Waals surface area (Å²) in [6.07, 6.45) is 2.96. The molecule has 2 rings (SSSR count). The zero-order valence-corrected chi connectivity index (χ0v) is 9.38. The third-order valence-corrected chi connectivity index (χ3v) is 2.11. The minimum Gasteiger partial charge on any atom is -0.341 e. The highest BCUT2D eigenvalue weighted by molar-refractivity contribution is 5.92. The first-order chi connectivity index (χ1) is 8.16. The average Bonchev–Trinajstić information content (AvgIpc) is 2.83. The van der Waals surface area contributed by atoms with Gasteiger partial charge in [-0.3, -0.25) is 9.78 Å². The molecular weight excluding hydrogens is 222 g/mol. The third-order valence-electron chi connectivity index (χ3n) is 2.11. The second-order valence-corrected chi connectivity index (χ2v) is 3.51. The molecule has 0 aliphatic carbocycles. The Labute approximate surface area is 96.9 Å². The van der Waals surface area contributed by atoms with Gasteiger partial charge in [0, 0.05) is 6.20 Å². The predicted octanol–water partition coefficient (Wildman–Crippen LogP) is -0.211. The zero-order chi connectivity index (χ0) is 12.3. The van der Waals surface area contributed by atoms with E-state index in [1.54, 1.807) is 13.8 Å². The highest BCUT2D eigenvalue weighted by atomic mass is 16.1. The molecule has 0 aliphatic rings. The molecule has 17 heavy (non-hydrogen) atoms. The first kappa shape index (κ1) is 11.1. The van der Waals surface area contributed by atoms with Crippen molar-refractivity contribution < 1.29 is 4.79 Å². The van der Waals surface area contributed by atoms with E-state index >= 15 is 0 Å². The molecule has 0 fully saturated rings. The largest absolute Gasteiger partial charge is 0.341 e. The maximum absolute atomic E-state index is 11.8. The highest BCUT2D eigenvalue weighted by Crippen LogP contribution is 2.04. The quantitative estimate of drug-likeness (QED) is 0.759. The third kappa shape index (κ3) is 2.60. The molecular formula is C9H11N7O. The Morgan fingerprint density at radius 2 is 2.24 bits per heavy atom. The number of H-pyrrole nitrogens is 1. The van der Waals surface area contributed by atoms with Crippen LogP contribution in [0, 0.1) is 6.92 Å². The molecule has 8 nitrogen and oxygen atoms in total. The first-order valence-electron chi connectivity index (χ1n) is 4.99. The van der Waals surface area contributed by atoms with Crippen molar-refractivity contribution in [2.45, 2.75) is 19.9 Å². The number of nitrogens with one attached hydrogen (secondary N) is 2. The fourth-order valence-electron chi connectivity index (χ4n) is 1.20. The molecule has 0 saturated carbocycles. The summed E-state index contributed by atoms with van der Waals surface area (Å²) >= 11 is 0. The minimum absolute atomic E-state index is 0.256. The molecule has 0 spiro atoms. The second-order valence-electron chi connectivity index (χ2n) is 3.51. The molecule has 88 valence electrons. The van der Waals surface area contributed by atoms with Gasteiger partial charge in [-0.1, -0.05) is 5.21 Å². The summed E-state index contributed by atoms with van der Waals surface area (Å²) in [4.78, 5) is 19.7. The fraction of sp³-hybridized carbons (Fsp3) is 0.333. The summed E-state index contributed by atoms with van der Waals surface area (Å²) < 4.78 is 0. The van der Waals surface area contributed by atoms with E-state index in [0.717, 1.165) is 5.69 Å². The van der Waals surface area contributed by atoms with E-state index in [-0.39, 0.29) is 17.6 Å². The summed E-state index contributed by atoms with van der Waals surface area (Å²) in [5.41, 5.74) is 1.01. The summed E-state index contributed by atoms with van der Waals surface area (Å²) in [5, 5.41) is 16.0.